The molecule has 2 aromatic carbocycles. The highest BCUT2D eigenvalue weighted by Crippen LogP contribution is 2.35. The van der Waals surface area contributed by atoms with E-state index in [2.05, 4.69) is 17.1 Å². The van der Waals surface area contributed by atoms with Crippen molar-refractivity contribution in [1.29, 1.82) is 0 Å². The molecule has 0 spiro atoms. The highest BCUT2D eigenvalue weighted by atomic mass is 16.7. The quantitative estimate of drug-likeness (QED) is 0.796. The largest absolute Gasteiger partial charge is 0.488 e. The first-order valence-electron chi connectivity index (χ1n) is 7.42. The van der Waals surface area contributed by atoms with Crippen LogP contribution in [0, 0.1) is 0 Å². The van der Waals surface area contributed by atoms with Crippen molar-refractivity contribution in [3.8, 4) is 5.75 Å². The van der Waals surface area contributed by atoms with Crippen LogP contribution in [-0.4, -0.2) is 18.2 Å². The Kier molecular flexibility index (Phi) is 3.54. The van der Waals surface area contributed by atoms with E-state index < -0.39 is 0 Å². The van der Waals surface area contributed by atoms with Gasteiger partial charge in [0.1, 0.15) is 12.4 Å². The summed E-state index contributed by atoms with van der Waals surface area (Å²) in [6.07, 6.45) is 1.63. The molecule has 0 saturated carbocycles. The van der Waals surface area contributed by atoms with Gasteiger partial charge in [-0.25, -0.2) is 0 Å². The lowest BCUT2D eigenvalue weighted by molar-refractivity contribution is -0.0430. The van der Waals surface area contributed by atoms with Gasteiger partial charge in [-0.15, -0.1) is 0 Å². The second-order valence-electron chi connectivity index (χ2n) is 5.27. The number of aromatic amines is 1. The fraction of sp³-hybridized carbons (Fsp3) is 0.222. The van der Waals surface area contributed by atoms with Crippen LogP contribution in [0.25, 0.3) is 10.9 Å². The van der Waals surface area contributed by atoms with E-state index >= 15 is 0 Å². The monoisotopic (exact) mass is 295 g/mol. The third-order valence-electron chi connectivity index (χ3n) is 3.81. The predicted molar refractivity (Wildman–Crippen MR) is 83.7 cm³/mol. The molecule has 2 heterocycles. The van der Waals surface area contributed by atoms with Crippen molar-refractivity contribution < 1.29 is 14.2 Å². The summed E-state index contributed by atoms with van der Waals surface area (Å²) in [6.45, 7) is 1.80. The second kappa shape index (κ2) is 5.83. The second-order valence-corrected chi connectivity index (χ2v) is 5.27. The molecule has 1 aliphatic rings. The van der Waals surface area contributed by atoms with Crippen molar-refractivity contribution >= 4 is 10.9 Å². The highest BCUT2D eigenvalue weighted by Gasteiger charge is 2.23. The van der Waals surface area contributed by atoms with Gasteiger partial charge in [-0.2, -0.15) is 0 Å². The van der Waals surface area contributed by atoms with Crippen molar-refractivity contribution in [3.63, 3.8) is 0 Å². The Balaban J connectivity index is 1.66. The molecule has 112 valence electrons. The number of rotatable bonds is 4. The van der Waals surface area contributed by atoms with Crippen LogP contribution in [0.5, 0.6) is 5.75 Å². The van der Waals surface area contributed by atoms with Gasteiger partial charge in [0.05, 0.1) is 13.2 Å². The van der Waals surface area contributed by atoms with Crippen LogP contribution in [0.3, 0.4) is 0 Å². The van der Waals surface area contributed by atoms with Gasteiger partial charge >= 0.3 is 0 Å². The maximum absolute atomic E-state index is 6.03. The van der Waals surface area contributed by atoms with Crippen molar-refractivity contribution in [2.45, 2.75) is 12.9 Å². The van der Waals surface area contributed by atoms with E-state index in [1.807, 2.05) is 42.6 Å². The first-order chi connectivity index (χ1) is 10.9. The zero-order valence-electron chi connectivity index (χ0n) is 12.1. The van der Waals surface area contributed by atoms with E-state index in [0.717, 1.165) is 27.8 Å². The minimum absolute atomic E-state index is 0.310. The van der Waals surface area contributed by atoms with Crippen molar-refractivity contribution in [1.82, 2.24) is 4.98 Å². The van der Waals surface area contributed by atoms with Crippen LogP contribution in [0.15, 0.2) is 54.7 Å². The number of hydrogen-bond donors (Lipinski definition) is 1. The molecule has 0 radical (unpaired) electrons. The fourth-order valence-corrected chi connectivity index (χ4v) is 2.76. The van der Waals surface area contributed by atoms with Crippen LogP contribution in [0.4, 0.5) is 0 Å². The zero-order chi connectivity index (χ0) is 14.8. The topological polar surface area (TPSA) is 43.5 Å². The minimum Gasteiger partial charge on any atom is -0.488 e. The Labute approximate surface area is 128 Å². The molecule has 1 N–H and O–H groups in total. The molecule has 1 saturated heterocycles. The molecular weight excluding hydrogens is 278 g/mol. The van der Waals surface area contributed by atoms with E-state index in [9.17, 15) is 0 Å². The molecule has 1 fully saturated rings. The summed E-state index contributed by atoms with van der Waals surface area (Å²) in [5.74, 6) is 0.844. The van der Waals surface area contributed by atoms with Crippen molar-refractivity contribution in [2.24, 2.45) is 0 Å². The van der Waals surface area contributed by atoms with Gasteiger partial charge in [-0.3, -0.25) is 0 Å². The lowest BCUT2D eigenvalue weighted by atomic mass is 10.1. The number of aromatic nitrogens is 1. The summed E-state index contributed by atoms with van der Waals surface area (Å²) >= 11 is 0. The maximum Gasteiger partial charge on any atom is 0.186 e. The number of benzene rings is 2. The summed E-state index contributed by atoms with van der Waals surface area (Å²) in [4.78, 5) is 3.26. The average molecular weight is 295 g/mol. The Bertz CT molecular complexity index is 760. The van der Waals surface area contributed by atoms with E-state index in [1.165, 1.54) is 0 Å². The molecule has 0 unspecified atom stereocenters. The summed E-state index contributed by atoms with van der Waals surface area (Å²) in [5, 5.41) is 1.03. The van der Waals surface area contributed by atoms with Gasteiger partial charge in [0.25, 0.3) is 0 Å². The molecule has 22 heavy (non-hydrogen) atoms. The first kappa shape index (κ1) is 13.4. The van der Waals surface area contributed by atoms with Gasteiger partial charge in [0, 0.05) is 22.7 Å². The van der Waals surface area contributed by atoms with Gasteiger partial charge in [-0.05, 0) is 17.7 Å². The van der Waals surface area contributed by atoms with Crippen LogP contribution in [-0.2, 0) is 16.1 Å². The summed E-state index contributed by atoms with van der Waals surface area (Å²) in [7, 11) is 0. The summed E-state index contributed by atoms with van der Waals surface area (Å²) in [5.41, 5.74) is 3.17. The molecule has 1 aliphatic heterocycles. The predicted octanol–water partition coefficient (Wildman–Crippen LogP) is 3.79. The summed E-state index contributed by atoms with van der Waals surface area (Å²) in [6, 6.07) is 16.1. The van der Waals surface area contributed by atoms with Crippen LogP contribution < -0.4 is 4.74 Å². The molecule has 0 amide bonds. The molecule has 0 aliphatic carbocycles. The SMILES string of the molecule is c1ccc(COc2cccc3[nH]cc(C4OCCO4)c23)cc1. The standard InChI is InChI=1S/C18H17NO3/c1-2-5-13(6-3-1)12-22-16-8-4-7-15-17(16)14(11-19-15)18-20-9-10-21-18/h1-8,11,18-19H,9-10,12H2. The Morgan fingerprint density at radius 1 is 1.00 bits per heavy atom. The number of ether oxygens (including phenoxy) is 3. The van der Waals surface area contributed by atoms with Crippen LogP contribution in [0.2, 0.25) is 0 Å². The van der Waals surface area contributed by atoms with Gasteiger partial charge in [0.15, 0.2) is 6.29 Å². The Morgan fingerprint density at radius 3 is 2.64 bits per heavy atom. The molecule has 1 aromatic heterocycles. The van der Waals surface area contributed by atoms with E-state index in [0.29, 0.717) is 19.8 Å². The third-order valence-corrected chi connectivity index (χ3v) is 3.81. The minimum atomic E-state index is -0.310. The first-order valence-corrected chi connectivity index (χ1v) is 7.42. The van der Waals surface area contributed by atoms with Crippen molar-refractivity contribution in [3.05, 3.63) is 65.9 Å². The third kappa shape index (κ3) is 2.47. The Hall–Kier alpha value is -2.30. The van der Waals surface area contributed by atoms with Gasteiger partial charge in [0.2, 0.25) is 0 Å². The number of hydrogen-bond acceptors (Lipinski definition) is 3. The number of H-pyrrole nitrogens is 1. The molecular formula is C18H17NO3. The highest BCUT2D eigenvalue weighted by molar-refractivity contribution is 5.89. The maximum atomic E-state index is 6.03. The lowest BCUT2D eigenvalue weighted by Crippen LogP contribution is -1.99. The van der Waals surface area contributed by atoms with Crippen molar-refractivity contribution in [2.75, 3.05) is 13.2 Å². The van der Waals surface area contributed by atoms with Gasteiger partial charge in [-0.1, -0.05) is 36.4 Å². The number of fused-ring (bicyclic) bond motifs is 1. The molecule has 4 nitrogen and oxygen atoms in total. The average Bonchev–Trinajstić information content (AvgIpc) is 3.23. The smallest absolute Gasteiger partial charge is 0.186 e. The normalized spacial score (nSPS) is 15.5. The fourth-order valence-electron chi connectivity index (χ4n) is 2.76. The molecule has 4 rings (SSSR count). The summed E-state index contributed by atoms with van der Waals surface area (Å²) < 4.78 is 17.3. The molecule has 4 heteroatoms. The van der Waals surface area contributed by atoms with Gasteiger partial charge < -0.3 is 19.2 Å². The van der Waals surface area contributed by atoms with E-state index in [1.54, 1.807) is 0 Å². The Morgan fingerprint density at radius 2 is 1.82 bits per heavy atom. The van der Waals surface area contributed by atoms with E-state index in [4.69, 9.17) is 14.2 Å². The number of nitrogens with one attached hydrogen (secondary N) is 1. The van der Waals surface area contributed by atoms with Crippen LogP contribution >= 0.6 is 0 Å². The lowest BCUT2D eigenvalue weighted by Gasteiger charge is -2.12. The molecule has 0 atom stereocenters. The molecule has 0 bridgehead atoms. The van der Waals surface area contributed by atoms with E-state index in [-0.39, 0.29) is 6.29 Å². The molecule has 3 aromatic rings. The van der Waals surface area contributed by atoms with Crippen LogP contribution in [0.1, 0.15) is 17.4 Å². The zero-order valence-corrected chi connectivity index (χ0v) is 12.1.